The number of aromatic nitrogens is 2. The van der Waals surface area contributed by atoms with E-state index in [4.69, 9.17) is 0 Å². The number of aromatic amines is 1. The van der Waals surface area contributed by atoms with Crippen LogP contribution in [0.2, 0.25) is 0 Å². The molecule has 140 valence electrons. The first-order chi connectivity index (χ1) is 13.1. The van der Waals surface area contributed by atoms with E-state index in [1.54, 1.807) is 6.07 Å². The van der Waals surface area contributed by atoms with Gasteiger partial charge in [-0.1, -0.05) is 19.1 Å². The Morgan fingerprint density at radius 1 is 1.15 bits per heavy atom. The van der Waals surface area contributed by atoms with Gasteiger partial charge < -0.3 is 9.88 Å². The number of halogens is 1. The van der Waals surface area contributed by atoms with E-state index < -0.39 is 0 Å². The molecule has 6 heteroatoms. The fourth-order valence-electron chi connectivity index (χ4n) is 3.63. The molecule has 1 aliphatic rings. The lowest BCUT2D eigenvalue weighted by Gasteiger charge is -2.36. The Morgan fingerprint density at radius 3 is 2.67 bits per heavy atom. The molecule has 1 aliphatic heterocycles. The number of anilines is 1. The molecular formula is C21H23FN4O. The van der Waals surface area contributed by atoms with Crippen molar-refractivity contribution in [1.29, 1.82) is 0 Å². The summed E-state index contributed by atoms with van der Waals surface area (Å²) < 4.78 is 14.0. The zero-order valence-electron chi connectivity index (χ0n) is 15.4. The fraction of sp³-hybridized carbons (Fsp3) is 0.333. The average Bonchev–Trinajstić information content (AvgIpc) is 2.68. The molecule has 27 heavy (non-hydrogen) atoms. The van der Waals surface area contributed by atoms with Crippen LogP contribution in [0.15, 0.2) is 47.4 Å². The Bertz CT molecular complexity index is 1010. The first kappa shape index (κ1) is 17.7. The van der Waals surface area contributed by atoms with Gasteiger partial charge in [-0.15, -0.1) is 0 Å². The molecule has 0 unspecified atom stereocenters. The van der Waals surface area contributed by atoms with Crippen molar-refractivity contribution in [1.82, 2.24) is 14.9 Å². The first-order valence-corrected chi connectivity index (χ1v) is 9.36. The Labute approximate surface area is 157 Å². The Balaban J connectivity index is 1.44. The molecule has 0 spiro atoms. The maximum atomic E-state index is 14.0. The molecule has 0 bridgehead atoms. The van der Waals surface area contributed by atoms with Crippen molar-refractivity contribution in [2.45, 2.75) is 19.9 Å². The van der Waals surface area contributed by atoms with Gasteiger partial charge in [-0.05, 0) is 36.2 Å². The van der Waals surface area contributed by atoms with Crippen molar-refractivity contribution in [2.24, 2.45) is 0 Å². The van der Waals surface area contributed by atoms with Gasteiger partial charge in [0.2, 0.25) is 0 Å². The van der Waals surface area contributed by atoms with Crippen molar-refractivity contribution in [2.75, 3.05) is 31.1 Å². The number of nitrogens with one attached hydrogen (secondary N) is 1. The maximum absolute atomic E-state index is 14.0. The highest BCUT2D eigenvalue weighted by molar-refractivity contribution is 5.74. The van der Waals surface area contributed by atoms with Crippen molar-refractivity contribution < 1.29 is 4.39 Å². The predicted molar refractivity (Wildman–Crippen MR) is 106 cm³/mol. The molecule has 1 saturated heterocycles. The third kappa shape index (κ3) is 3.71. The summed E-state index contributed by atoms with van der Waals surface area (Å²) in [5.74, 6) is -0.167. The van der Waals surface area contributed by atoms with E-state index in [1.807, 2.05) is 37.4 Å². The van der Waals surface area contributed by atoms with Crippen LogP contribution in [-0.4, -0.2) is 41.0 Å². The quantitative estimate of drug-likeness (QED) is 0.771. The molecule has 0 saturated carbocycles. The molecule has 1 aromatic carbocycles. The highest BCUT2D eigenvalue weighted by atomic mass is 19.1. The Morgan fingerprint density at radius 2 is 1.93 bits per heavy atom. The van der Waals surface area contributed by atoms with Gasteiger partial charge in [-0.2, -0.15) is 0 Å². The van der Waals surface area contributed by atoms with E-state index in [-0.39, 0.29) is 11.4 Å². The van der Waals surface area contributed by atoms with E-state index in [2.05, 4.69) is 19.8 Å². The SMILES string of the molecule is CCc1cc2ncc(CN3CCN(c4ccccc4F)CC3)cc2[nH]c1=O. The number of hydrogen-bond acceptors (Lipinski definition) is 4. The summed E-state index contributed by atoms with van der Waals surface area (Å²) in [5.41, 5.74) is 4.06. The second-order valence-corrected chi connectivity index (χ2v) is 6.97. The largest absolute Gasteiger partial charge is 0.367 e. The van der Waals surface area contributed by atoms with E-state index in [9.17, 15) is 9.18 Å². The van der Waals surface area contributed by atoms with Crippen LogP contribution >= 0.6 is 0 Å². The van der Waals surface area contributed by atoms with E-state index in [0.717, 1.165) is 54.9 Å². The summed E-state index contributed by atoms with van der Waals surface area (Å²) in [7, 11) is 0. The minimum atomic E-state index is -0.167. The first-order valence-electron chi connectivity index (χ1n) is 9.36. The number of nitrogens with zero attached hydrogens (tertiary/aromatic N) is 3. The van der Waals surface area contributed by atoms with E-state index in [0.29, 0.717) is 12.1 Å². The number of rotatable bonds is 4. The standard InChI is InChI=1S/C21H23FN4O/c1-2-16-12-18-19(24-21(16)27)11-15(13-23-18)14-25-7-9-26(10-8-25)20-6-4-3-5-17(20)22/h3-6,11-13H,2,7-10,14H2,1H3,(H,24,27). The summed E-state index contributed by atoms with van der Waals surface area (Å²) in [6.45, 7) is 6.03. The van der Waals surface area contributed by atoms with Crippen LogP contribution in [0.4, 0.5) is 10.1 Å². The second kappa shape index (κ2) is 7.48. The van der Waals surface area contributed by atoms with Crippen LogP contribution < -0.4 is 10.5 Å². The third-order valence-electron chi connectivity index (χ3n) is 5.18. The topological polar surface area (TPSA) is 52.2 Å². The van der Waals surface area contributed by atoms with Crippen molar-refractivity contribution in [3.8, 4) is 0 Å². The highest BCUT2D eigenvalue weighted by Crippen LogP contribution is 2.21. The molecule has 0 atom stereocenters. The molecule has 3 heterocycles. The van der Waals surface area contributed by atoms with E-state index >= 15 is 0 Å². The van der Waals surface area contributed by atoms with Crippen LogP contribution in [0, 0.1) is 5.82 Å². The van der Waals surface area contributed by atoms with Crippen LogP contribution in [0.3, 0.4) is 0 Å². The maximum Gasteiger partial charge on any atom is 0.251 e. The Kier molecular flexibility index (Phi) is 4.90. The number of H-pyrrole nitrogens is 1. The van der Waals surface area contributed by atoms with Crippen molar-refractivity contribution >= 4 is 16.7 Å². The van der Waals surface area contributed by atoms with Crippen LogP contribution in [0.5, 0.6) is 0 Å². The number of para-hydroxylation sites is 1. The van der Waals surface area contributed by atoms with Crippen LogP contribution in [0.25, 0.3) is 11.0 Å². The lowest BCUT2D eigenvalue weighted by molar-refractivity contribution is 0.249. The predicted octanol–water partition coefficient (Wildman–Crippen LogP) is 2.95. The molecule has 2 aromatic heterocycles. The molecular weight excluding hydrogens is 343 g/mol. The molecule has 0 aliphatic carbocycles. The molecule has 3 aromatic rings. The van der Waals surface area contributed by atoms with Gasteiger partial charge >= 0.3 is 0 Å². The van der Waals surface area contributed by atoms with Gasteiger partial charge in [-0.25, -0.2) is 4.39 Å². The second-order valence-electron chi connectivity index (χ2n) is 6.97. The number of aryl methyl sites for hydroxylation is 1. The summed E-state index contributed by atoms with van der Waals surface area (Å²) >= 11 is 0. The zero-order chi connectivity index (χ0) is 18.8. The molecule has 0 radical (unpaired) electrons. The highest BCUT2D eigenvalue weighted by Gasteiger charge is 2.19. The number of benzene rings is 1. The lowest BCUT2D eigenvalue weighted by atomic mass is 10.1. The van der Waals surface area contributed by atoms with Crippen LogP contribution in [-0.2, 0) is 13.0 Å². The van der Waals surface area contributed by atoms with Gasteiger partial charge in [-0.3, -0.25) is 14.7 Å². The van der Waals surface area contributed by atoms with Gasteiger partial charge in [0.25, 0.3) is 5.56 Å². The number of piperazine rings is 1. The fourth-order valence-corrected chi connectivity index (χ4v) is 3.63. The molecule has 1 fully saturated rings. The summed E-state index contributed by atoms with van der Waals surface area (Å²) in [4.78, 5) is 23.9. The molecule has 5 nitrogen and oxygen atoms in total. The van der Waals surface area contributed by atoms with Crippen LogP contribution in [0.1, 0.15) is 18.1 Å². The smallest absolute Gasteiger partial charge is 0.251 e. The average molecular weight is 366 g/mol. The normalized spacial score (nSPS) is 15.4. The van der Waals surface area contributed by atoms with Gasteiger partial charge in [0.1, 0.15) is 5.82 Å². The minimum Gasteiger partial charge on any atom is -0.367 e. The van der Waals surface area contributed by atoms with Gasteiger partial charge in [0.15, 0.2) is 0 Å². The number of hydrogen-bond donors (Lipinski definition) is 1. The summed E-state index contributed by atoms with van der Waals surface area (Å²) in [6.07, 6.45) is 2.57. The summed E-state index contributed by atoms with van der Waals surface area (Å²) in [6, 6.07) is 10.8. The number of pyridine rings is 2. The third-order valence-corrected chi connectivity index (χ3v) is 5.18. The Hall–Kier alpha value is -2.73. The van der Waals surface area contributed by atoms with E-state index in [1.165, 1.54) is 6.07 Å². The number of fused-ring (bicyclic) bond motifs is 1. The van der Waals surface area contributed by atoms with Gasteiger partial charge in [0, 0.05) is 44.5 Å². The summed E-state index contributed by atoms with van der Waals surface area (Å²) in [5, 5.41) is 0. The minimum absolute atomic E-state index is 0.0394. The van der Waals surface area contributed by atoms with Crippen molar-refractivity contribution in [3.63, 3.8) is 0 Å². The zero-order valence-corrected chi connectivity index (χ0v) is 15.4. The van der Waals surface area contributed by atoms with Crippen molar-refractivity contribution in [3.05, 3.63) is 69.9 Å². The molecule has 0 amide bonds. The lowest BCUT2D eigenvalue weighted by Crippen LogP contribution is -2.46. The molecule has 4 rings (SSSR count). The van der Waals surface area contributed by atoms with Gasteiger partial charge in [0.05, 0.1) is 16.7 Å². The monoisotopic (exact) mass is 366 g/mol. The molecule has 1 N–H and O–H groups in total.